The molecular formula is C18H20ClIN4S. The lowest BCUT2D eigenvalue weighted by Crippen LogP contribution is -2.37. The smallest absolute Gasteiger partial charge is 0.191 e. The van der Waals surface area contributed by atoms with Gasteiger partial charge >= 0.3 is 0 Å². The maximum atomic E-state index is 8.80. The van der Waals surface area contributed by atoms with Gasteiger partial charge in [-0.15, -0.1) is 35.7 Å². The maximum absolute atomic E-state index is 8.80. The van der Waals surface area contributed by atoms with Crippen LogP contribution in [0.25, 0.3) is 0 Å². The summed E-state index contributed by atoms with van der Waals surface area (Å²) in [5.41, 5.74) is 1.77. The van der Waals surface area contributed by atoms with E-state index in [1.165, 1.54) is 4.90 Å². The topological polar surface area (TPSA) is 60.2 Å². The summed E-state index contributed by atoms with van der Waals surface area (Å²) in [6.07, 6.45) is 0. The van der Waals surface area contributed by atoms with E-state index in [-0.39, 0.29) is 24.0 Å². The van der Waals surface area contributed by atoms with Crippen LogP contribution in [0.2, 0.25) is 5.02 Å². The predicted molar refractivity (Wildman–Crippen MR) is 117 cm³/mol. The van der Waals surface area contributed by atoms with Gasteiger partial charge in [0.2, 0.25) is 0 Å². The summed E-state index contributed by atoms with van der Waals surface area (Å²) in [5, 5.41) is 16.1. The molecule has 0 radical (unpaired) electrons. The van der Waals surface area contributed by atoms with Gasteiger partial charge in [0.1, 0.15) is 0 Å². The van der Waals surface area contributed by atoms with Crippen LogP contribution in [0.4, 0.5) is 0 Å². The molecule has 0 atom stereocenters. The van der Waals surface area contributed by atoms with Gasteiger partial charge in [-0.2, -0.15) is 5.26 Å². The second-order valence-corrected chi connectivity index (χ2v) is 6.57. The van der Waals surface area contributed by atoms with Crippen molar-refractivity contribution >= 4 is 53.3 Å². The number of thioether (sulfide) groups is 1. The first-order valence-corrected chi connectivity index (χ1v) is 8.89. The normalized spacial score (nSPS) is 10.5. The molecule has 4 nitrogen and oxygen atoms in total. The molecule has 0 aromatic heterocycles. The molecule has 7 heteroatoms. The van der Waals surface area contributed by atoms with Crippen LogP contribution in [0, 0.1) is 11.3 Å². The number of hydrogen-bond acceptors (Lipinski definition) is 3. The zero-order chi connectivity index (χ0) is 17.2. The summed E-state index contributed by atoms with van der Waals surface area (Å²) in [6.45, 7) is 1.47. The number of aliphatic imine (C=N–C) groups is 1. The molecule has 0 aliphatic carbocycles. The Bertz CT molecular complexity index is 711. The summed E-state index contributed by atoms with van der Waals surface area (Å²) in [7, 11) is 1.75. The minimum atomic E-state index is 0. The van der Waals surface area contributed by atoms with Crippen LogP contribution in [0.3, 0.4) is 0 Å². The molecule has 25 heavy (non-hydrogen) atoms. The number of rotatable bonds is 6. The zero-order valence-corrected chi connectivity index (χ0v) is 17.7. The van der Waals surface area contributed by atoms with Gasteiger partial charge in [0.25, 0.3) is 0 Å². The second kappa shape index (κ2) is 12.0. The molecule has 0 heterocycles. The van der Waals surface area contributed by atoms with Crippen LogP contribution < -0.4 is 10.6 Å². The van der Waals surface area contributed by atoms with Gasteiger partial charge in [-0.05, 0) is 42.0 Å². The molecular weight excluding hydrogens is 467 g/mol. The van der Waals surface area contributed by atoms with Crippen molar-refractivity contribution in [2.45, 2.75) is 11.4 Å². The van der Waals surface area contributed by atoms with Crippen molar-refractivity contribution in [3.05, 3.63) is 64.7 Å². The van der Waals surface area contributed by atoms with Gasteiger partial charge in [-0.25, -0.2) is 0 Å². The minimum Gasteiger partial charge on any atom is -0.356 e. The van der Waals surface area contributed by atoms with Crippen molar-refractivity contribution in [2.75, 3.05) is 19.3 Å². The Balaban J connectivity index is 0.00000312. The van der Waals surface area contributed by atoms with E-state index in [4.69, 9.17) is 16.9 Å². The number of nitrogens with zero attached hydrogens (tertiary/aromatic N) is 2. The predicted octanol–water partition coefficient (Wildman–Crippen LogP) is 4.29. The monoisotopic (exact) mass is 486 g/mol. The molecule has 2 N–H and O–H groups in total. The van der Waals surface area contributed by atoms with Gasteiger partial charge in [0.05, 0.1) is 11.6 Å². The van der Waals surface area contributed by atoms with E-state index in [0.29, 0.717) is 12.1 Å². The second-order valence-electron chi connectivity index (χ2n) is 4.96. The van der Waals surface area contributed by atoms with Gasteiger partial charge in [-0.1, -0.05) is 23.7 Å². The third kappa shape index (κ3) is 7.99. The number of benzene rings is 2. The highest BCUT2D eigenvalue weighted by atomic mass is 127. The standard InChI is InChI=1S/C18H19ClN4S.HI/c1-21-18(23-13-15-4-2-14(12-20)3-5-15)22-10-11-24-17-8-6-16(19)7-9-17;/h2-9H,10-11,13H2,1H3,(H2,21,22,23);1H. The van der Waals surface area contributed by atoms with Crippen molar-refractivity contribution in [2.24, 2.45) is 4.99 Å². The van der Waals surface area contributed by atoms with E-state index in [9.17, 15) is 0 Å². The summed E-state index contributed by atoms with van der Waals surface area (Å²) in [5.74, 6) is 1.69. The molecule has 2 aromatic carbocycles. The lowest BCUT2D eigenvalue weighted by atomic mass is 10.1. The first-order chi connectivity index (χ1) is 11.7. The third-order valence-electron chi connectivity index (χ3n) is 3.24. The van der Waals surface area contributed by atoms with Crippen LogP contribution in [0.1, 0.15) is 11.1 Å². The molecule has 0 aliphatic heterocycles. The summed E-state index contributed by atoms with van der Waals surface area (Å²) < 4.78 is 0. The van der Waals surface area contributed by atoms with Crippen molar-refractivity contribution in [1.29, 1.82) is 5.26 Å². The van der Waals surface area contributed by atoms with Gasteiger partial charge in [0.15, 0.2) is 5.96 Å². The lowest BCUT2D eigenvalue weighted by Gasteiger charge is -2.12. The number of halogens is 2. The lowest BCUT2D eigenvalue weighted by molar-refractivity contribution is 0.832. The van der Waals surface area contributed by atoms with Crippen molar-refractivity contribution < 1.29 is 0 Å². The highest BCUT2D eigenvalue weighted by Gasteiger charge is 1.99. The summed E-state index contributed by atoms with van der Waals surface area (Å²) >= 11 is 7.64. The van der Waals surface area contributed by atoms with E-state index in [1.807, 2.05) is 48.5 Å². The van der Waals surface area contributed by atoms with E-state index >= 15 is 0 Å². The highest BCUT2D eigenvalue weighted by Crippen LogP contribution is 2.19. The Morgan fingerprint density at radius 2 is 1.80 bits per heavy atom. The molecule has 132 valence electrons. The van der Waals surface area contributed by atoms with Gasteiger partial charge < -0.3 is 10.6 Å². The average molecular weight is 487 g/mol. The van der Waals surface area contributed by atoms with E-state index in [0.717, 1.165) is 28.8 Å². The molecule has 0 bridgehead atoms. The Morgan fingerprint density at radius 1 is 1.12 bits per heavy atom. The number of guanidine groups is 1. The molecule has 0 saturated heterocycles. The number of nitriles is 1. The molecule has 0 amide bonds. The van der Waals surface area contributed by atoms with Crippen LogP contribution >= 0.6 is 47.3 Å². The Hall–Kier alpha value is -1.43. The fourth-order valence-corrected chi connectivity index (χ4v) is 2.87. The average Bonchev–Trinajstić information content (AvgIpc) is 2.63. The van der Waals surface area contributed by atoms with Crippen LogP contribution in [-0.2, 0) is 6.54 Å². The first kappa shape index (κ1) is 21.6. The van der Waals surface area contributed by atoms with E-state index in [2.05, 4.69) is 21.7 Å². The fourth-order valence-electron chi connectivity index (χ4n) is 1.97. The Labute approximate surface area is 175 Å². The fraction of sp³-hybridized carbons (Fsp3) is 0.222. The highest BCUT2D eigenvalue weighted by molar-refractivity contribution is 14.0. The molecule has 0 spiro atoms. The van der Waals surface area contributed by atoms with E-state index in [1.54, 1.807) is 18.8 Å². The molecule has 2 rings (SSSR count). The van der Waals surface area contributed by atoms with Crippen molar-refractivity contribution in [1.82, 2.24) is 10.6 Å². The molecule has 0 saturated carbocycles. The first-order valence-electron chi connectivity index (χ1n) is 7.53. The van der Waals surface area contributed by atoms with Gasteiger partial charge in [-0.3, -0.25) is 4.99 Å². The quantitative estimate of drug-likeness (QED) is 0.210. The molecule has 0 unspecified atom stereocenters. The Kier molecular flexibility index (Phi) is 10.4. The number of hydrogen-bond donors (Lipinski definition) is 2. The molecule has 0 aliphatic rings. The van der Waals surface area contributed by atoms with Crippen LogP contribution in [0.15, 0.2) is 58.4 Å². The zero-order valence-electron chi connectivity index (χ0n) is 13.8. The largest absolute Gasteiger partial charge is 0.356 e. The molecule has 2 aromatic rings. The number of nitrogens with one attached hydrogen (secondary N) is 2. The Morgan fingerprint density at radius 3 is 2.40 bits per heavy atom. The van der Waals surface area contributed by atoms with Crippen LogP contribution in [-0.4, -0.2) is 25.3 Å². The van der Waals surface area contributed by atoms with Crippen molar-refractivity contribution in [3.8, 4) is 6.07 Å². The summed E-state index contributed by atoms with van der Waals surface area (Å²) in [6, 6.07) is 17.5. The minimum absolute atomic E-state index is 0. The van der Waals surface area contributed by atoms with Crippen molar-refractivity contribution in [3.63, 3.8) is 0 Å². The van der Waals surface area contributed by atoms with Gasteiger partial charge in [0, 0.05) is 35.8 Å². The SMILES string of the molecule is CN=C(NCCSc1ccc(Cl)cc1)NCc1ccc(C#N)cc1.I. The third-order valence-corrected chi connectivity index (χ3v) is 4.51. The maximum Gasteiger partial charge on any atom is 0.191 e. The van der Waals surface area contributed by atoms with Crippen LogP contribution in [0.5, 0.6) is 0 Å². The summed E-state index contributed by atoms with van der Waals surface area (Å²) in [4.78, 5) is 5.40. The van der Waals surface area contributed by atoms with E-state index < -0.39 is 0 Å². The molecule has 0 fully saturated rings.